The molecule has 27 heavy (non-hydrogen) atoms. The third kappa shape index (κ3) is 6.66. The van der Waals surface area contributed by atoms with E-state index in [1.165, 1.54) is 6.21 Å². The Morgan fingerprint density at radius 1 is 1.07 bits per heavy atom. The predicted octanol–water partition coefficient (Wildman–Crippen LogP) is 4.32. The van der Waals surface area contributed by atoms with Gasteiger partial charge in [-0.2, -0.15) is 5.10 Å². The van der Waals surface area contributed by atoms with Gasteiger partial charge in [0.2, 0.25) is 5.91 Å². The molecule has 0 aliphatic heterocycles. The number of amides is 1. The maximum atomic E-state index is 11.8. The van der Waals surface area contributed by atoms with Gasteiger partial charge < -0.3 is 14.2 Å². The number of hydrogen-bond acceptors (Lipinski definition) is 5. The molecule has 0 saturated carbocycles. The second kappa shape index (κ2) is 10.6. The molecule has 1 amide bonds. The summed E-state index contributed by atoms with van der Waals surface area (Å²) >= 11 is 11.8. The average molecular weight is 411 g/mol. The second-order valence-corrected chi connectivity index (χ2v) is 6.28. The highest BCUT2D eigenvalue weighted by molar-refractivity contribution is 6.35. The van der Waals surface area contributed by atoms with Gasteiger partial charge in [-0.15, -0.1) is 0 Å². The number of halogens is 2. The number of nitrogens with zero attached hydrogens (tertiary/aromatic N) is 1. The Hall–Kier alpha value is -2.44. The molecule has 2 rings (SSSR count). The van der Waals surface area contributed by atoms with Gasteiger partial charge in [-0.25, -0.2) is 5.43 Å². The summed E-state index contributed by atoms with van der Waals surface area (Å²) in [6, 6.07) is 10.3. The van der Waals surface area contributed by atoms with Gasteiger partial charge in [-0.05, 0) is 48.4 Å². The van der Waals surface area contributed by atoms with E-state index < -0.39 is 0 Å². The number of carbonyl (C=O) groups excluding carboxylic acids is 1. The van der Waals surface area contributed by atoms with Gasteiger partial charge in [0.25, 0.3) is 0 Å². The largest absolute Gasteiger partial charge is 0.493 e. The molecule has 0 heterocycles. The highest BCUT2D eigenvalue weighted by Crippen LogP contribution is 2.28. The number of carbonyl (C=O) groups is 1. The lowest BCUT2D eigenvalue weighted by atomic mass is 10.2. The van der Waals surface area contributed by atoms with Gasteiger partial charge in [0, 0.05) is 11.4 Å². The van der Waals surface area contributed by atoms with Crippen LogP contribution in [0.25, 0.3) is 0 Å². The van der Waals surface area contributed by atoms with Crippen LogP contribution in [0.3, 0.4) is 0 Å². The third-order valence-electron chi connectivity index (χ3n) is 3.51. The number of methoxy groups -OCH3 is 2. The number of ether oxygens (including phenoxy) is 3. The van der Waals surface area contributed by atoms with Crippen molar-refractivity contribution in [2.24, 2.45) is 5.10 Å². The minimum atomic E-state index is -0.211. The van der Waals surface area contributed by atoms with Gasteiger partial charge >= 0.3 is 0 Å². The van der Waals surface area contributed by atoms with Crippen molar-refractivity contribution in [1.29, 1.82) is 0 Å². The van der Waals surface area contributed by atoms with E-state index >= 15 is 0 Å². The normalized spacial score (nSPS) is 10.7. The molecule has 0 atom stereocenters. The third-order valence-corrected chi connectivity index (χ3v) is 4.04. The molecule has 0 saturated heterocycles. The van der Waals surface area contributed by atoms with Crippen LogP contribution >= 0.6 is 23.2 Å². The summed E-state index contributed by atoms with van der Waals surface area (Å²) in [4.78, 5) is 11.8. The molecular formula is C19H20Cl2N2O4. The molecule has 2 aromatic carbocycles. The van der Waals surface area contributed by atoms with Gasteiger partial charge in [-0.1, -0.05) is 23.2 Å². The van der Waals surface area contributed by atoms with E-state index in [9.17, 15) is 4.79 Å². The zero-order valence-corrected chi connectivity index (χ0v) is 16.5. The highest BCUT2D eigenvalue weighted by atomic mass is 35.5. The molecule has 2 aromatic rings. The predicted molar refractivity (Wildman–Crippen MR) is 106 cm³/mol. The zero-order chi connectivity index (χ0) is 19.6. The minimum absolute atomic E-state index is 0.211. The molecule has 1 N–H and O–H groups in total. The van der Waals surface area contributed by atoms with Gasteiger partial charge in [-0.3, -0.25) is 4.79 Å². The number of benzene rings is 2. The number of hydrazone groups is 1. The van der Waals surface area contributed by atoms with E-state index in [1.54, 1.807) is 50.6 Å². The first-order valence-corrected chi connectivity index (χ1v) is 8.91. The highest BCUT2D eigenvalue weighted by Gasteiger charge is 2.05. The smallest absolute Gasteiger partial charge is 0.240 e. The number of nitrogens with one attached hydrogen (secondary N) is 1. The van der Waals surface area contributed by atoms with Crippen LogP contribution in [0.5, 0.6) is 17.2 Å². The second-order valence-electron chi connectivity index (χ2n) is 5.43. The summed E-state index contributed by atoms with van der Waals surface area (Å²) in [5.74, 6) is 1.54. The first-order valence-electron chi connectivity index (χ1n) is 8.15. The van der Waals surface area contributed by atoms with Crippen molar-refractivity contribution in [2.45, 2.75) is 12.8 Å². The fourth-order valence-electron chi connectivity index (χ4n) is 2.17. The van der Waals surface area contributed by atoms with Crippen LogP contribution in [0.4, 0.5) is 0 Å². The molecule has 0 fully saturated rings. The lowest BCUT2D eigenvalue weighted by Gasteiger charge is -2.08. The molecule has 0 unspecified atom stereocenters. The molecule has 0 radical (unpaired) electrons. The summed E-state index contributed by atoms with van der Waals surface area (Å²) in [7, 11) is 3.12. The standard InChI is InChI=1S/C19H20Cl2N2O4/c1-25-17-7-5-13(10-18(17)26-2)12-22-23-19(24)4-3-9-27-16-8-6-14(20)11-15(16)21/h5-8,10-12H,3-4,9H2,1-2H3,(H,23,24)/b22-12-. The first kappa shape index (κ1) is 20.9. The maximum absolute atomic E-state index is 11.8. The fraction of sp³-hybridized carbons (Fsp3) is 0.263. The van der Waals surface area contributed by atoms with Gasteiger partial charge in [0.1, 0.15) is 5.75 Å². The minimum Gasteiger partial charge on any atom is -0.493 e. The Morgan fingerprint density at radius 2 is 1.81 bits per heavy atom. The maximum Gasteiger partial charge on any atom is 0.240 e. The lowest BCUT2D eigenvalue weighted by Crippen LogP contribution is -2.18. The van der Waals surface area contributed by atoms with Crippen LogP contribution < -0.4 is 19.6 Å². The summed E-state index contributed by atoms with van der Waals surface area (Å²) in [6.45, 7) is 0.355. The summed E-state index contributed by atoms with van der Waals surface area (Å²) in [5, 5.41) is 4.91. The topological polar surface area (TPSA) is 69.2 Å². The number of rotatable bonds is 9. The van der Waals surface area contributed by atoms with Crippen LogP contribution in [0, 0.1) is 0 Å². The molecule has 0 aliphatic carbocycles. The molecule has 0 aliphatic rings. The van der Waals surface area contributed by atoms with Crippen molar-refractivity contribution in [1.82, 2.24) is 5.43 Å². The van der Waals surface area contributed by atoms with Crippen LogP contribution in [-0.2, 0) is 4.79 Å². The van der Waals surface area contributed by atoms with Crippen molar-refractivity contribution in [2.75, 3.05) is 20.8 Å². The van der Waals surface area contributed by atoms with E-state index in [0.29, 0.717) is 40.3 Å². The molecule has 6 nitrogen and oxygen atoms in total. The fourth-order valence-corrected chi connectivity index (χ4v) is 2.64. The van der Waals surface area contributed by atoms with Crippen molar-refractivity contribution in [3.05, 3.63) is 52.0 Å². The van der Waals surface area contributed by atoms with Crippen molar-refractivity contribution in [3.8, 4) is 17.2 Å². The molecule has 0 bridgehead atoms. The van der Waals surface area contributed by atoms with Crippen LogP contribution in [0.15, 0.2) is 41.5 Å². The molecular weight excluding hydrogens is 391 g/mol. The molecule has 144 valence electrons. The lowest BCUT2D eigenvalue weighted by molar-refractivity contribution is -0.121. The summed E-state index contributed by atoms with van der Waals surface area (Å²) in [5.41, 5.74) is 3.25. The molecule has 8 heteroatoms. The van der Waals surface area contributed by atoms with Crippen LogP contribution in [0.2, 0.25) is 10.0 Å². The average Bonchev–Trinajstić information content (AvgIpc) is 2.66. The van der Waals surface area contributed by atoms with E-state index in [-0.39, 0.29) is 12.3 Å². The van der Waals surface area contributed by atoms with Crippen molar-refractivity contribution < 1.29 is 19.0 Å². The van der Waals surface area contributed by atoms with Crippen LogP contribution in [-0.4, -0.2) is 32.9 Å². The first-order chi connectivity index (χ1) is 13.0. The van der Waals surface area contributed by atoms with Gasteiger partial charge in [0.15, 0.2) is 11.5 Å². The zero-order valence-electron chi connectivity index (χ0n) is 15.0. The Labute approximate surface area is 168 Å². The van der Waals surface area contributed by atoms with E-state index in [2.05, 4.69) is 10.5 Å². The Morgan fingerprint density at radius 3 is 2.52 bits per heavy atom. The Bertz CT molecular complexity index is 812. The van der Waals surface area contributed by atoms with Crippen molar-refractivity contribution >= 4 is 35.3 Å². The van der Waals surface area contributed by atoms with E-state index in [4.69, 9.17) is 37.4 Å². The SMILES string of the molecule is COc1ccc(/C=N\NC(=O)CCCOc2ccc(Cl)cc2Cl)cc1OC. The van der Waals surface area contributed by atoms with E-state index in [0.717, 1.165) is 5.56 Å². The monoisotopic (exact) mass is 410 g/mol. The van der Waals surface area contributed by atoms with Crippen LogP contribution in [0.1, 0.15) is 18.4 Å². The molecule has 0 aromatic heterocycles. The Kier molecular flexibility index (Phi) is 8.23. The summed E-state index contributed by atoms with van der Waals surface area (Å²) in [6.07, 6.45) is 2.33. The number of hydrogen-bond donors (Lipinski definition) is 1. The van der Waals surface area contributed by atoms with Gasteiger partial charge in [0.05, 0.1) is 32.1 Å². The Balaban J connectivity index is 1.73. The van der Waals surface area contributed by atoms with E-state index in [1.807, 2.05) is 0 Å². The molecule has 0 spiro atoms. The quantitative estimate of drug-likeness (QED) is 0.379. The van der Waals surface area contributed by atoms with Crippen molar-refractivity contribution in [3.63, 3.8) is 0 Å². The summed E-state index contributed by atoms with van der Waals surface area (Å²) < 4.78 is 15.9.